The van der Waals surface area contributed by atoms with E-state index in [0.29, 0.717) is 30.3 Å². The number of ether oxygens (including phenoxy) is 3. The van der Waals surface area contributed by atoms with E-state index in [1.165, 1.54) is 10.9 Å². The van der Waals surface area contributed by atoms with Gasteiger partial charge in [-0.2, -0.15) is 0 Å². The Bertz CT molecular complexity index is 1470. The molecule has 3 aliphatic heterocycles. The average Bonchev–Trinajstić information content (AvgIpc) is 3.08. The molecule has 40 heavy (non-hydrogen) atoms. The highest BCUT2D eigenvalue weighted by molar-refractivity contribution is 5.83. The Balaban J connectivity index is 1.33. The Morgan fingerprint density at radius 3 is 2.48 bits per heavy atom. The molecule has 0 aliphatic carbocycles. The number of nitrogens with zero attached hydrogens (tertiary/aromatic N) is 4. The summed E-state index contributed by atoms with van der Waals surface area (Å²) in [5.41, 5.74) is 5.19. The third-order valence-electron chi connectivity index (χ3n) is 9.00. The maximum Gasteiger partial charge on any atom is 0.325 e. The van der Waals surface area contributed by atoms with Gasteiger partial charge < -0.3 is 19.1 Å². The van der Waals surface area contributed by atoms with Crippen LogP contribution < -0.4 is 14.2 Å². The van der Waals surface area contributed by atoms with Gasteiger partial charge in [0.15, 0.2) is 11.5 Å². The number of benzene rings is 2. The Morgan fingerprint density at radius 2 is 1.77 bits per heavy atom. The van der Waals surface area contributed by atoms with Crippen molar-refractivity contribution >= 4 is 16.9 Å². The molecule has 3 aliphatic rings. The molecule has 2 saturated heterocycles. The number of fused-ring (bicyclic) bond motifs is 4. The minimum atomic E-state index is -0.322. The van der Waals surface area contributed by atoms with Gasteiger partial charge in [-0.25, -0.2) is 4.79 Å². The van der Waals surface area contributed by atoms with Gasteiger partial charge >= 0.3 is 6.03 Å². The van der Waals surface area contributed by atoms with E-state index in [-0.39, 0.29) is 17.5 Å². The summed E-state index contributed by atoms with van der Waals surface area (Å²) in [5, 5.41) is 1.17. The van der Waals surface area contributed by atoms with Gasteiger partial charge in [0.1, 0.15) is 0 Å². The van der Waals surface area contributed by atoms with Crippen LogP contribution in [-0.4, -0.2) is 72.2 Å². The summed E-state index contributed by atoms with van der Waals surface area (Å²) in [6.45, 7) is 8.09. The fourth-order valence-corrected chi connectivity index (χ4v) is 7.15. The van der Waals surface area contributed by atoms with Crippen LogP contribution in [0.2, 0.25) is 0 Å². The maximum absolute atomic E-state index is 14.0. The molecule has 4 heterocycles. The molecule has 210 valence electrons. The maximum atomic E-state index is 14.0. The number of amides is 2. The third-order valence-corrected chi connectivity index (χ3v) is 9.00. The molecule has 2 fully saturated rings. The lowest BCUT2D eigenvalue weighted by Gasteiger charge is -2.44. The average molecular weight is 543 g/mol. The molecular formula is C32H38N4O4. The second kappa shape index (κ2) is 10.3. The first-order chi connectivity index (χ1) is 19.4. The number of aromatic nitrogens is 1. The number of carbonyl (C=O) groups excluding carboxylic acids is 1. The van der Waals surface area contributed by atoms with E-state index in [2.05, 4.69) is 59.0 Å². The zero-order valence-electron chi connectivity index (χ0n) is 24.1. The van der Waals surface area contributed by atoms with Crippen molar-refractivity contribution in [3.05, 3.63) is 71.1 Å². The van der Waals surface area contributed by atoms with Crippen molar-refractivity contribution in [2.24, 2.45) is 0 Å². The van der Waals surface area contributed by atoms with Crippen LogP contribution in [0.3, 0.4) is 0 Å². The van der Waals surface area contributed by atoms with Crippen molar-refractivity contribution < 1.29 is 19.0 Å². The highest BCUT2D eigenvalue weighted by Crippen LogP contribution is 2.51. The van der Waals surface area contributed by atoms with E-state index in [0.717, 1.165) is 54.8 Å². The SMILES string of the molecule is CCN1C(=O)N2Cc3cc(OC)c(OC)c(OC)c3[C@H](C)C=C2C12CCN(Cc1cccc3cccnc13)CC2. The number of hydrogen-bond acceptors (Lipinski definition) is 6. The Labute approximate surface area is 236 Å². The van der Waals surface area contributed by atoms with Crippen molar-refractivity contribution in [2.75, 3.05) is 41.0 Å². The fraction of sp³-hybridized carbons (Fsp3) is 0.438. The van der Waals surface area contributed by atoms with Gasteiger partial charge in [0.2, 0.25) is 5.75 Å². The van der Waals surface area contributed by atoms with Crippen molar-refractivity contribution in [1.82, 2.24) is 19.7 Å². The van der Waals surface area contributed by atoms with Crippen LogP contribution in [-0.2, 0) is 13.1 Å². The number of methoxy groups -OCH3 is 3. The first kappa shape index (κ1) is 26.4. The topological polar surface area (TPSA) is 67.4 Å². The van der Waals surface area contributed by atoms with Crippen LogP contribution in [0.1, 0.15) is 49.3 Å². The molecule has 8 heteroatoms. The zero-order valence-corrected chi connectivity index (χ0v) is 24.1. The summed E-state index contributed by atoms with van der Waals surface area (Å²) < 4.78 is 17.2. The van der Waals surface area contributed by atoms with E-state index >= 15 is 0 Å². The second-order valence-electron chi connectivity index (χ2n) is 11.0. The number of pyridine rings is 1. The molecule has 1 aromatic heterocycles. The van der Waals surface area contributed by atoms with E-state index in [9.17, 15) is 4.79 Å². The lowest BCUT2D eigenvalue weighted by molar-refractivity contribution is 0.0890. The van der Waals surface area contributed by atoms with Crippen LogP contribution in [0.25, 0.3) is 10.9 Å². The largest absolute Gasteiger partial charge is 0.493 e. The normalized spacial score (nSPS) is 20.3. The minimum absolute atomic E-state index is 0.0334. The molecule has 0 unspecified atom stereocenters. The van der Waals surface area contributed by atoms with Gasteiger partial charge in [-0.15, -0.1) is 0 Å². The molecule has 0 radical (unpaired) electrons. The van der Waals surface area contributed by atoms with Gasteiger partial charge in [-0.1, -0.05) is 37.3 Å². The van der Waals surface area contributed by atoms with Crippen molar-refractivity contribution in [3.63, 3.8) is 0 Å². The standard InChI is InChI=1S/C32H38N4O4/c1-6-36-31(37)35-20-24-18-25(38-3)29(39-4)30(40-5)27(24)21(2)17-26(35)32(36)12-15-34(16-13-32)19-23-10-7-9-22-11-8-14-33-28(22)23/h7-11,14,17-18,21H,6,12-13,15-16,19-20H2,1-5H3/t21-/m1/s1. The van der Waals surface area contributed by atoms with Gasteiger partial charge in [-0.05, 0) is 43.0 Å². The number of urea groups is 1. The van der Waals surface area contributed by atoms with Crippen LogP contribution in [0.5, 0.6) is 17.2 Å². The second-order valence-corrected chi connectivity index (χ2v) is 11.0. The smallest absolute Gasteiger partial charge is 0.325 e. The van der Waals surface area contributed by atoms with Crippen LogP contribution in [0, 0.1) is 0 Å². The van der Waals surface area contributed by atoms with Crippen molar-refractivity contribution in [1.29, 1.82) is 0 Å². The van der Waals surface area contributed by atoms with Crippen LogP contribution in [0.4, 0.5) is 4.79 Å². The number of para-hydroxylation sites is 1. The van der Waals surface area contributed by atoms with E-state index in [4.69, 9.17) is 14.2 Å². The molecule has 0 bridgehead atoms. The third kappa shape index (κ3) is 4.00. The predicted molar refractivity (Wildman–Crippen MR) is 155 cm³/mol. The molecule has 2 aromatic carbocycles. The summed E-state index contributed by atoms with van der Waals surface area (Å²) in [5.74, 6) is 1.91. The van der Waals surface area contributed by atoms with E-state index in [1.54, 1.807) is 21.3 Å². The van der Waals surface area contributed by atoms with Gasteiger partial charge in [0.25, 0.3) is 0 Å². The number of carbonyl (C=O) groups is 1. The van der Waals surface area contributed by atoms with Crippen LogP contribution >= 0.6 is 0 Å². The van der Waals surface area contributed by atoms with Crippen molar-refractivity contribution in [2.45, 2.75) is 51.2 Å². The Hall–Kier alpha value is -3.78. The summed E-state index contributed by atoms with van der Waals surface area (Å²) in [6.07, 6.45) is 5.94. The monoisotopic (exact) mass is 542 g/mol. The Morgan fingerprint density at radius 1 is 1.02 bits per heavy atom. The lowest BCUT2D eigenvalue weighted by atomic mass is 9.82. The fourth-order valence-electron chi connectivity index (χ4n) is 7.15. The summed E-state index contributed by atoms with van der Waals surface area (Å²) in [7, 11) is 4.92. The number of likely N-dealkylation sites (N-methyl/N-ethyl adjacent to an activating group) is 1. The number of piperidine rings is 1. The van der Waals surface area contributed by atoms with Gasteiger partial charge in [0.05, 0.1) is 38.9 Å². The highest BCUT2D eigenvalue weighted by Gasteiger charge is 2.55. The molecule has 3 aromatic rings. The zero-order chi connectivity index (χ0) is 28.0. The first-order valence-electron chi connectivity index (χ1n) is 14.1. The minimum Gasteiger partial charge on any atom is -0.493 e. The molecular weight excluding hydrogens is 504 g/mol. The van der Waals surface area contributed by atoms with E-state index in [1.807, 2.05) is 23.2 Å². The van der Waals surface area contributed by atoms with Crippen LogP contribution in [0.15, 0.2) is 54.4 Å². The quantitative estimate of drug-likeness (QED) is 0.407. The molecule has 8 nitrogen and oxygen atoms in total. The number of likely N-dealkylation sites (tertiary alicyclic amines) is 1. The molecule has 1 atom stereocenters. The predicted octanol–water partition coefficient (Wildman–Crippen LogP) is 5.55. The highest BCUT2D eigenvalue weighted by atomic mass is 16.5. The van der Waals surface area contributed by atoms with Gasteiger partial charge in [0, 0.05) is 54.9 Å². The number of hydrogen-bond donors (Lipinski definition) is 0. The van der Waals surface area contributed by atoms with Crippen molar-refractivity contribution in [3.8, 4) is 17.2 Å². The first-order valence-corrected chi connectivity index (χ1v) is 14.1. The number of allylic oxidation sites excluding steroid dienone is 1. The molecule has 2 amide bonds. The van der Waals surface area contributed by atoms with E-state index < -0.39 is 0 Å². The number of rotatable bonds is 6. The van der Waals surface area contributed by atoms with Gasteiger partial charge in [-0.3, -0.25) is 14.8 Å². The Kier molecular flexibility index (Phi) is 6.82. The summed E-state index contributed by atoms with van der Waals surface area (Å²) >= 11 is 0. The summed E-state index contributed by atoms with van der Waals surface area (Å²) in [6, 6.07) is 12.6. The molecule has 0 saturated carbocycles. The summed E-state index contributed by atoms with van der Waals surface area (Å²) in [4.78, 5) is 25.2. The molecule has 1 spiro atoms. The lowest BCUT2D eigenvalue weighted by Crippen LogP contribution is -2.53. The molecule has 0 N–H and O–H groups in total. The molecule has 6 rings (SSSR count).